The van der Waals surface area contributed by atoms with Crippen molar-refractivity contribution in [3.8, 4) is 0 Å². The highest BCUT2D eigenvalue weighted by Gasteiger charge is 2.16. The van der Waals surface area contributed by atoms with Crippen molar-refractivity contribution in [2.24, 2.45) is 0 Å². The van der Waals surface area contributed by atoms with Crippen LogP contribution >= 0.6 is 0 Å². The van der Waals surface area contributed by atoms with Crippen molar-refractivity contribution in [1.29, 1.82) is 0 Å². The zero-order valence-electron chi connectivity index (χ0n) is 10.6. The molecule has 18 heavy (non-hydrogen) atoms. The molecule has 0 aliphatic carbocycles. The Balaban J connectivity index is 2.21. The van der Waals surface area contributed by atoms with Crippen molar-refractivity contribution in [3.05, 3.63) is 40.2 Å². The van der Waals surface area contributed by atoms with Crippen LogP contribution < -0.4 is 10.5 Å². The van der Waals surface area contributed by atoms with Gasteiger partial charge in [-0.2, -0.15) is 0 Å². The van der Waals surface area contributed by atoms with Gasteiger partial charge in [0.1, 0.15) is 5.58 Å². The van der Waals surface area contributed by atoms with E-state index >= 15 is 0 Å². The van der Waals surface area contributed by atoms with Crippen LogP contribution in [0, 0.1) is 6.92 Å². The second-order valence-corrected chi connectivity index (χ2v) is 4.95. The van der Waals surface area contributed by atoms with Gasteiger partial charge in [-0.1, -0.05) is 12.1 Å². The van der Waals surface area contributed by atoms with Gasteiger partial charge in [0.2, 0.25) is 0 Å². The number of aryl methyl sites for hydroxylation is 1. The number of hydrogen-bond acceptors (Lipinski definition) is 3. The Morgan fingerprint density at radius 1 is 1.17 bits per heavy atom. The third-order valence-corrected chi connectivity index (χ3v) is 3.64. The monoisotopic (exact) mass is 243 g/mol. The first-order valence-corrected chi connectivity index (χ1v) is 6.54. The van der Waals surface area contributed by atoms with Crippen LogP contribution in [0.2, 0.25) is 0 Å². The summed E-state index contributed by atoms with van der Waals surface area (Å²) in [7, 11) is 0. The summed E-state index contributed by atoms with van der Waals surface area (Å²) in [5.74, 6) is 0. The SMILES string of the molecule is Cc1cccc2c(N3CCCCC3)cc(=O)oc12. The smallest absolute Gasteiger partial charge is 0.338 e. The summed E-state index contributed by atoms with van der Waals surface area (Å²) < 4.78 is 5.34. The predicted molar refractivity (Wildman–Crippen MR) is 73.3 cm³/mol. The van der Waals surface area contributed by atoms with Gasteiger partial charge in [-0.05, 0) is 37.8 Å². The standard InChI is InChI=1S/C15H17NO2/c1-11-6-5-7-12-13(10-14(17)18-15(11)12)16-8-3-2-4-9-16/h5-7,10H,2-4,8-9H2,1H3. The molecule has 0 amide bonds. The molecular weight excluding hydrogens is 226 g/mol. The molecule has 1 saturated heterocycles. The number of piperidine rings is 1. The highest BCUT2D eigenvalue weighted by Crippen LogP contribution is 2.28. The Bertz CT molecular complexity index is 624. The quantitative estimate of drug-likeness (QED) is 0.722. The first-order valence-electron chi connectivity index (χ1n) is 6.54. The summed E-state index contributed by atoms with van der Waals surface area (Å²) in [6.07, 6.45) is 3.69. The van der Waals surface area contributed by atoms with E-state index < -0.39 is 0 Å². The molecule has 0 saturated carbocycles. The molecule has 1 fully saturated rings. The first kappa shape index (κ1) is 11.3. The molecule has 1 aliphatic heterocycles. The van der Waals surface area contributed by atoms with E-state index in [0.29, 0.717) is 0 Å². The molecule has 94 valence electrons. The van der Waals surface area contributed by atoms with Crippen molar-refractivity contribution in [2.45, 2.75) is 26.2 Å². The van der Waals surface area contributed by atoms with E-state index in [2.05, 4.69) is 4.90 Å². The Hall–Kier alpha value is -1.77. The molecule has 0 N–H and O–H groups in total. The molecule has 0 spiro atoms. The van der Waals surface area contributed by atoms with Gasteiger partial charge in [0.15, 0.2) is 0 Å². The van der Waals surface area contributed by atoms with Gasteiger partial charge in [-0.15, -0.1) is 0 Å². The van der Waals surface area contributed by atoms with E-state index in [0.717, 1.165) is 35.3 Å². The lowest BCUT2D eigenvalue weighted by Gasteiger charge is -2.29. The highest BCUT2D eigenvalue weighted by atomic mass is 16.4. The van der Waals surface area contributed by atoms with Gasteiger partial charge >= 0.3 is 5.63 Å². The molecule has 1 aromatic heterocycles. The number of anilines is 1. The second kappa shape index (κ2) is 4.48. The van der Waals surface area contributed by atoms with E-state index in [9.17, 15) is 4.79 Å². The number of benzene rings is 1. The van der Waals surface area contributed by atoms with Gasteiger partial charge in [-0.3, -0.25) is 0 Å². The van der Waals surface area contributed by atoms with Crippen LogP contribution in [0.1, 0.15) is 24.8 Å². The maximum Gasteiger partial charge on any atom is 0.338 e. The molecule has 3 rings (SSSR count). The average molecular weight is 243 g/mol. The Kier molecular flexibility index (Phi) is 2.82. The van der Waals surface area contributed by atoms with E-state index in [-0.39, 0.29) is 5.63 Å². The topological polar surface area (TPSA) is 33.5 Å². The van der Waals surface area contributed by atoms with Crippen LogP contribution in [-0.2, 0) is 0 Å². The Morgan fingerprint density at radius 2 is 1.94 bits per heavy atom. The maximum absolute atomic E-state index is 11.7. The number of nitrogens with zero attached hydrogens (tertiary/aromatic N) is 1. The molecule has 0 unspecified atom stereocenters. The van der Waals surface area contributed by atoms with Crippen molar-refractivity contribution >= 4 is 16.7 Å². The Morgan fingerprint density at radius 3 is 2.72 bits per heavy atom. The molecule has 2 aromatic rings. The fourth-order valence-corrected chi connectivity index (χ4v) is 2.71. The zero-order chi connectivity index (χ0) is 12.5. The molecule has 0 bridgehead atoms. The molecule has 0 atom stereocenters. The van der Waals surface area contributed by atoms with Crippen LogP contribution in [0.5, 0.6) is 0 Å². The molecule has 2 heterocycles. The summed E-state index contributed by atoms with van der Waals surface area (Å²) in [5, 5.41) is 1.05. The summed E-state index contributed by atoms with van der Waals surface area (Å²) in [6, 6.07) is 7.67. The summed E-state index contributed by atoms with van der Waals surface area (Å²) >= 11 is 0. The van der Waals surface area contributed by atoms with Crippen LogP contribution in [-0.4, -0.2) is 13.1 Å². The fourth-order valence-electron chi connectivity index (χ4n) is 2.71. The zero-order valence-corrected chi connectivity index (χ0v) is 10.6. The molecule has 3 nitrogen and oxygen atoms in total. The molecule has 1 aromatic carbocycles. The third-order valence-electron chi connectivity index (χ3n) is 3.64. The maximum atomic E-state index is 11.7. The van der Waals surface area contributed by atoms with Crippen molar-refractivity contribution in [1.82, 2.24) is 0 Å². The number of para-hydroxylation sites is 1. The average Bonchev–Trinajstić information content (AvgIpc) is 2.40. The molecular formula is C15H17NO2. The predicted octanol–water partition coefficient (Wildman–Crippen LogP) is 3.09. The largest absolute Gasteiger partial charge is 0.422 e. The minimum atomic E-state index is -0.252. The Labute approximate surface area is 106 Å². The molecule has 1 aliphatic rings. The van der Waals surface area contributed by atoms with E-state index in [1.54, 1.807) is 6.07 Å². The van der Waals surface area contributed by atoms with Gasteiger partial charge in [0, 0.05) is 24.5 Å². The van der Waals surface area contributed by atoms with Gasteiger partial charge < -0.3 is 9.32 Å². The number of rotatable bonds is 1. The van der Waals surface area contributed by atoms with E-state index in [1.807, 2.05) is 25.1 Å². The van der Waals surface area contributed by atoms with Crippen molar-refractivity contribution in [3.63, 3.8) is 0 Å². The van der Waals surface area contributed by atoms with Crippen LogP contribution in [0.4, 0.5) is 5.69 Å². The fraction of sp³-hybridized carbons (Fsp3) is 0.400. The number of hydrogen-bond donors (Lipinski definition) is 0. The summed E-state index contributed by atoms with van der Waals surface area (Å²) in [4.78, 5) is 14.0. The third kappa shape index (κ3) is 1.90. The lowest BCUT2D eigenvalue weighted by Crippen LogP contribution is -2.30. The summed E-state index contributed by atoms with van der Waals surface area (Å²) in [5.41, 5.74) is 2.52. The minimum Gasteiger partial charge on any atom is -0.422 e. The van der Waals surface area contributed by atoms with E-state index in [1.165, 1.54) is 19.3 Å². The lowest BCUT2D eigenvalue weighted by atomic mass is 10.1. The van der Waals surface area contributed by atoms with Crippen molar-refractivity contribution < 1.29 is 4.42 Å². The lowest BCUT2D eigenvalue weighted by molar-refractivity contribution is 0.551. The molecule has 3 heteroatoms. The van der Waals surface area contributed by atoms with Crippen LogP contribution in [0.15, 0.2) is 33.5 Å². The normalized spacial score (nSPS) is 16.2. The van der Waals surface area contributed by atoms with Crippen LogP contribution in [0.3, 0.4) is 0 Å². The highest BCUT2D eigenvalue weighted by molar-refractivity contribution is 5.91. The van der Waals surface area contributed by atoms with Gasteiger partial charge in [0.25, 0.3) is 0 Å². The molecule has 0 radical (unpaired) electrons. The van der Waals surface area contributed by atoms with E-state index in [4.69, 9.17) is 4.42 Å². The number of fused-ring (bicyclic) bond motifs is 1. The second-order valence-electron chi connectivity index (χ2n) is 4.95. The first-order chi connectivity index (χ1) is 8.75. The minimum absolute atomic E-state index is 0.252. The van der Waals surface area contributed by atoms with Gasteiger partial charge in [-0.25, -0.2) is 4.79 Å². The van der Waals surface area contributed by atoms with Crippen molar-refractivity contribution in [2.75, 3.05) is 18.0 Å². The summed E-state index contributed by atoms with van der Waals surface area (Å²) in [6.45, 7) is 4.05. The van der Waals surface area contributed by atoms with Crippen LogP contribution in [0.25, 0.3) is 11.0 Å². The van der Waals surface area contributed by atoms with Gasteiger partial charge in [0.05, 0.1) is 5.69 Å².